The highest BCUT2D eigenvalue weighted by Crippen LogP contribution is 2.46. The van der Waals surface area contributed by atoms with Crippen molar-refractivity contribution in [3.63, 3.8) is 0 Å². The molecule has 2 atom stereocenters. The maximum Gasteiger partial charge on any atom is 0.321 e. The van der Waals surface area contributed by atoms with E-state index in [4.69, 9.17) is 0 Å². The van der Waals surface area contributed by atoms with Crippen molar-refractivity contribution in [2.75, 3.05) is 18.8 Å². The predicted molar refractivity (Wildman–Crippen MR) is 88.9 cm³/mol. The second-order valence-electron chi connectivity index (χ2n) is 7.30. The highest BCUT2D eigenvalue weighted by Gasteiger charge is 2.41. The molecule has 2 aliphatic rings. The lowest BCUT2D eigenvalue weighted by Crippen LogP contribution is -2.50. The first kappa shape index (κ1) is 17.0. The van der Waals surface area contributed by atoms with Crippen molar-refractivity contribution >= 4 is 29.0 Å². The van der Waals surface area contributed by atoms with Gasteiger partial charge in [-0.1, -0.05) is 32.5 Å². The molecule has 2 unspecified atom stereocenters. The van der Waals surface area contributed by atoms with Crippen LogP contribution in [0.2, 0.25) is 0 Å². The number of rotatable bonds is 3. The van der Waals surface area contributed by atoms with Gasteiger partial charge in [0.15, 0.2) is 5.17 Å². The minimum Gasteiger partial charge on any atom is -0.335 e. The van der Waals surface area contributed by atoms with Crippen molar-refractivity contribution in [2.45, 2.75) is 46.1 Å². The SMILES string of the molecule is CC1(C)CC(NC(=O)NC2=NCCS2)CC(C)(CN=C=O)C1. The number of carbonyl (C=O) groups excluding carboxylic acids is 2. The van der Waals surface area contributed by atoms with Gasteiger partial charge in [0, 0.05) is 11.8 Å². The van der Waals surface area contributed by atoms with Crippen LogP contribution >= 0.6 is 11.8 Å². The predicted octanol–water partition coefficient (Wildman–Crippen LogP) is 2.31. The molecule has 122 valence electrons. The van der Waals surface area contributed by atoms with Gasteiger partial charge >= 0.3 is 6.03 Å². The number of hydrogen-bond donors (Lipinski definition) is 2. The fourth-order valence-electron chi connectivity index (χ4n) is 3.81. The first-order valence-corrected chi connectivity index (χ1v) is 8.59. The summed E-state index contributed by atoms with van der Waals surface area (Å²) in [7, 11) is 0. The van der Waals surface area contributed by atoms with E-state index in [0.29, 0.717) is 11.7 Å². The molecule has 2 rings (SSSR count). The first-order valence-electron chi connectivity index (χ1n) is 7.60. The largest absolute Gasteiger partial charge is 0.335 e. The van der Waals surface area contributed by atoms with Gasteiger partial charge in [-0.25, -0.2) is 14.6 Å². The van der Waals surface area contributed by atoms with Crippen LogP contribution in [0, 0.1) is 10.8 Å². The van der Waals surface area contributed by atoms with Crippen LogP contribution in [-0.2, 0) is 4.79 Å². The zero-order chi connectivity index (χ0) is 16.2. The third-order valence-electron chi connectivity index (χ3n) is 4.11. The van der Waals surface area contributed by atoms with Gasteiger partial charge in [0.2, 0.25) is 6.08 Å². The molecule has 2 amide bonds. The summed E-state index contributed by atoms with van der Waals surface area (Å²) in [6, 6.07) is -0.125. The maximum atomic E-state index is 12.1. The van der Waals surface area contributed by atoms with Crippen molar-refractivity contribution in [2.24, 2.45) is 20.8 Å². The third-order valence-corrected chi connectivity index (χ3v) is 5.00. The summed E-state index contributed by atoms with van der Waals surface area (Å²) in [4.78, 5) is 30.5. The Balaban J connectivity index is 1.96. The molecule has 0 saturated heterocycles. The van der Waals surface area contributed by atoms with E-state index >= 15 is 0 Å². The minimum atomic E-state index is -0.197. The van der Waals surface area contributed by atoms with Crippen LogP contribution in [0.15, 0.2) is 9.98 Å². The van der Waals surface area contributed by atoms with Crippen LogP contribution < -0.4 is 10.6 Å². The van der Waals surface area contributed by atoms with E-state index in [0.717, 1.165) is 31.6 Å². The second-order valence-corrected chi connectivity index (χ2v) is 8.38. The highest BCUT2D eigenvalue weighted by atomic mass is 32.2. The maximum absolute atomic E-state index is 12.1. The molecule has 1 saturated carbocycles. The lowest BCUT2D eigenvalue weighted by atomic mass is 9.62. The van der Waals surface area contributed by atoms with Gasteiger partial charge < -0.3 is 5.32 Å². The molecular formula is C15H24N4O2S. The average Bonchev–Trinajstić information content (AvgIpc) is 2.86. The van der Waals surface area contributed by atoms with E-state index in [1.165, 1.54) is 0 Å². The molecule has 0 spiro atoms. The van der Waals surface area contributed by atoms with Crippen LogP contribution in [0.25, 0.3) is 0 Å². The number of aliphatic imine (C=N–C) groups is 2. The summed E-state index contributed by atoms with van der Waals surface area (Å²) < 4.78 is 0. The molecule has 7 heteroatoms. The summed E-state index contributed by atoms with van der Waals surface area (Å²) in [5.74, 6) is 0.924. The van der Waals surface area contributed by atoms with Gasteiger partial charge in [-0.15, -0.1) is 0 Å². The Hall–Kier alpha value is -1.33. The molecular weight excluding hydrogens is 300 g/mol. The topological polar surface area (TPSA) is 82.9 Å². The van der Waals surface area contributed by atoms with E-state index in [-0.39, 0.29) is 22.9 Å². The molecule has 0 aromatic carbocycles. The molecule has 1 fully saturated rings. The van der Waals surface area contributed by atoms with Crippen LogP contribution in [-0.4, -0.2) is 42.2 Å². The number of nitrogens with one attached hydrogen (secondary N) is 2. The van der Waals surface area contributed by atoms with Gasteiger partial charge in [-0.2, -0.15) is 0 Å². The normalized spacial score (nSPS) is 30.1. The smallest absolute Gasteiger partial charge is 0.321 e. The number of amides is 2. The Morgan fingerprint density at radius 1 is 1.45 bits per heavy atom. The lowest BCUT2D eigenvalue weighted by molar-refractivity contribution is 0.0810. The lowest BCUT2D eigenvalue weighted by Gasteiger charge is -2.46. The number of amidine groups is 1. The Labute approximate surface area is 135 Å². The summed E-state index contributed by atoms with van der Waals surface area (Å²) in [6.07, 6.45) is 4.34. The summed E-state index contributed by atoms with van der Waals surface area (Å²) in [5, 5.41) is 6.55. The van der Waals surface area contributed by atoms with Crippen LogP contribution in [0.3, 0.4) is 0 Å². The van der Waals surface area contributed by atoms with Gasteiger partial charge in [0.25, 0.3) is 0 Å². The van der Waals surface area contributed by atoms with E-state index in [2.05, 4.69) is 41.4 Å². The second kappa shape index (κ2) is 6.84. The van der Waals surface area contributed by atoms with Crippen molar-refractivity contribution < 1.29 is 9.59 Å². The molecule has 6 nitrogen and oxygen atoms in total. The minimum absolute atomic E-state index is 0.0719. The van der Waals surface area contributed by atoms with Crippen molar-refractivity contribution in [3.8, 4) is 0 Å². The molecule has 1 aliphatic heterocycles. The Kier molecular flexibility index (Phi) is 5.29. The summed E-state index contributed by atoms with van der Waals surface area (Å²) in [5.41, 5.74) is 0.0136. The van der Waals surface area contributed by atoms with Gasteiger partial charge in [0.05, 0.1) is 13.1 Å². The van der Waals surface area contributed by atoms with E-state index < -0.39 is 0 Å². The Morgan fingerprint density at radius 3 is 2.86 bits per heavy atom. The van der Waals surface area contributed by atoms with E-state index in [1.54, 1.807) is 17.8 Å². The van der Waals surface area contributed by atoms with Crippen LogP contribution in [0.5, 0.6) is 0 Å². The van der Waals surface area contributed by atoms with Crippen molar-refractivity contribution in [1.29, 1.82) is 0 Å². The van der Waals surface area contributed by atoms with E-state index in [9.17, 15) is 9.59 Å². The Bertz CT molecular complexity index is 514. The summed E-state index contributed by atoms with van der Waals surface area (Å²) in [6.45, 7) is 7.73. The fraction of sp³-hybridized carbons (Fsp3) is 0.800. The number of isocyanates is 1. The van der Waals surface area contributed by atoms with E-state index in [1.807, 2.05) is 0 Å². The zero-order valence-corrected chi connectivity index (χ0v) is 14.3. The monoisotopic (exact) mass is 324 g/mol. The molecule has 22 heavy (non-hydrogen) atoms. The molecule has 1 aliphatic carbocycles. The standard InChI is InChI=1S/C15H24N4O2S/c1-14(2)6-11(7-15(3,8-14)9-16-10-20)18-12(21)19-13-17-4-5-22-13/h11H,4-9H2,1-3H3,(H2,17,18,19,21). The highest BCUT2D eigenvalue weighted by molar-refractivity contribution is 8.14. The molecule has 0 bridgehead atoms. The van der Waals surface area contributed by atoms with Crippen LogP contribution in [0.4, 0.5) is 4.79 Å². The van der Waals surface area contributed by atoms with Crippen molar-refractivity contribution in [1.82, 2.24) is 10.6 Å². The zero-order valence-electron chi connectivity index (χ0n) is 13.4. The van der Waals surface area contributed by atoms with Crippen molar-refractivity contribution in [3.05, 3.63) is 0 Å². The number of hydrogen-bond acceptors (Lipinski definition) is 5. The molecule has 2 N–H and O–H groups in total. The molecule has 0 aromatic rings. The molecule has 0 aromatic heterocycles. The van der Waals surface area contributed by atoms with Gasteiger partial charge in [-0.3, -0.25) is 10.3 Å². The molecule has 1 heterocycles. The number of thioether (sulfide) groups is 1. The Morgan fingerprint density at radius 2 is 2.23 bits per heavy atom. The number of carbonyl (C=O) groups is 1. The average molecular weight is 324 g/mol. The third kappa shape index (κ3) is 4.85. The van der Waals surface area contributed by atoms with Gasteiger partial charge in [-0.05, 0) is 30.1 Å². The molecule has 0 radical (unpaired) electrons. The van der Waals surface area contributed by atoms with Crippen LogP contribution in [0.1, 0.15) is 40.0 Å². The number of urea groups is 1. The fourth-order valence-corrected chi connectivity index (χ4v) is 4.53. The van der Waals surface area contributed by atoms with Gasteiger partial charge in [0.1, 0.15) is 0 Å². The summed E-state index contributed by atoms with van der Waals surface area (Å²) >= 11 is 1.56. The quantitative estimate of drug-likeness (QED) is 0.617. The first-order chi connectivity index (χ1) is 10.3. The number of nitrogens with zero attached hydrogens (tertiary/aromatic N) is 2.